The summed E-state index contributed by atoms with van der Waals surface area (Å²) in [4.78, 5) is 38.2. The molecule has 6 nitrogen and oxygen atoms in total. The second-order valence-electron chi connectivity index (χ2n) is 20.6. The lowest BCUT2D eigenvalue weighted by molar-refractivity contribution is -0.167. The molecule has 0 amide bonds. The molecule has 0 saturated heterocycles. The van der Waals surface area contributed by atoms with Gasteiger partial charge in [-0.25, -0.2) is 0 Å². The quantitative estimate of drug-likeness (QED) is 0.0261. The number of esters is 3. The summed E-state index contributed by atoms with van der Waals surface area (Å²) in [5.74, 6) is -0.864. The number of unbranched alkanes of at least 4 members (excludes halogenated alkanes) is 39. The van der Waals surface area contributed by atoms with Gasteiger partial charge in [-0.15, -0.1) is 0 Å². The van der Waals surface area contributed by atoms with Crippen LogP contribution < -0.4 is 0 Å². The van der Waals surface area contributed by atoms with Crippen LogP contribution in [0.2, 0.25) is 0 Å². The van der Waals surface area contributed by atoms with Crippen molar-refractivity contribution in [1.82, 2.24) is 0 Å². The molecule has 0 aliphatic carbocycles. The van der Waals surface area contributed by atoms with E-state index in [9.17, 15) is 14.4 Å². The van der Waals surface area contributed by atoms with Crippen LogP contribution in [-0.4, -0.2) is 37.2 Å². The van der Waals surface area contributed by atoms with Crippen LogP contribution in [0.4, 0.5) is 0 Å². The average molecular weight is 970 g/mol. The second kappa shape index (κ2) is 58.2. The van der Waals surface area contributed by atoms with Gasteiger partial charge >= 0.3 is 17.9 Å². The highest BCUT2D eigenvalue weighted by Crippen LogP contribution is 2.17. The molecule has 0 saturated carbocycles. The molecular formula is C63H116O6. The lowest BCUT2D eigenvalue weighted by Crippen LogP contribution is -2.30. The van der Waals surface area contributed by atoms with Gasteiger partial charge in [0.15, 0.2) is 6.10 Å². The van der Waals surface area contributed by atoms with Gasteiger partial charge in [0.25, 0.3) is 0 Å². The van der Waals surface area contributed by atoms with Gasteiger partial charge in [0.2, 0.25) is 0 Å². The van der Waals surface area contributed by atoms with Crippen molar-refractivity contribution < 1.29 is 28.6 Å². The first-order chi connectivity index (χ1) is 34.0. The summed E-state index contributed by atoms with van der Waals surface area (Å²) < 4.78 is 16.9. The molecule has 404 valence electrons. The van der Waals surface area contributed by atoms with E-state index >= 15 is 0 Å². The number of hydrogen-bond acceptors (Lipinski definition) is 6. The van der Waals surface area contributed by atoms with E-state index in [0.29, 0.717) is 19.3 Å². The first kappa shape index (κ1) is 66.6. The van der Waals surface area contributed by atoms with Crippen LogP contribution in [0, 0.1) is 0 Å². The zero-order chi connectivity index (χ0) is 50.0. The van der Waals surface area contributed by atoms with E-state index < -0.39 is 6.10 Å². The molecule has 6 heteroatoms. The largest absolute Gasteiger partial charge is 0.462 e. The fourth-order valence-corrected chi connectivity index (χ4v) is 9.00. The number of allylic oxidation sites excluding steroid dienone is 6. The Bertz CT molecular complexity index is 1160. The van der Waals surface area contributed by atoms with Crippen molar-refractivity contribution >= 4 is 17.9 Å². The zero-order valence-electron chi connectivity index (χ0n) is 46.3. The predicted octanol–water partition coefficient (Wildman–Crippen LogP) is 20.4. The van der Waals surface area contributed by atoms with Crippen LogP contribution in [0.3, 0.4) is 0 Å². The Morgan fingerprint density at radius 3 is 0.841 bits per heavy atom. The minimum atomic E-state index is -0.774. The van der Waals surface area contributed by atoms with Crippen LogP contribution in [0.1, 0.15) is 329 Å². The summed E-state index contributed by atoms with van der Waals surface area (Å²) in [5.41, 5.74) is 0. The van der Waals surface area contributed by atoms with Crippen LogP contribution >= 0.6 is 0 Å². The van der Waals surface area contributed by atoms with E-state index in [1.54, 1.807) is 0 Å². The summed E-state index contributed by atoms with van der Waals surface area (Å²) in [6.07, 6.45) is 69.9. The Hall–Kier alpha value is -2.37. The molecular weight excluding hydrogens is 853 g/mol. The number of carbonyl (C=O) groups is 3. The minimum Gasteiger partial charge on any atom is -0.462 e. The van der Waals surface area contributed by atoms with Crippen molar-refractivity contribution in [1.29, 1.82) is 0 Å². The molecule has 0 aromatic carbocycles. The SMILES string of the molecule is CCCCC/C=C/C/C=C/CCCCCCCCCCCC(=O)OC[C@@H](COC(=O)CCCCCCC/C=C/CCCCCCC)OC(=O)CCCCCCCCCCCCCCCCCCCC. The Balaban J connectivity index is 4.33. The summed E-state index contributed by atoms with van der Waals surface area (Å²) in [5, 5.41) is 0. The maximum atomic E-state index is 12.9. The summed E-state index contributed by atoms with van der Waals surface area (Å²) in [6.45, 7) is 6.65. The zero-order valence-corrected chi connectivity index (χ0v) is 46.3. The molecule has 0 aliphatic heterocycles. The highest BCUT2D eigenvalue weighted by Gasteiger charge is 2.19. The van der Waals surface area contributed by atoms with Crippen molar-refractivity contribution in [3.8, 4) is 0 Å². The maximum Gasteiger partial charge on any atom is 0.306 e. The molecule has 0 bridgehead atoms. The lowest BCUT2D eigenvalue weighted by atomic mass is 10.0. The van der Waals surface area contributed by atoms with Gasteiger partial charge in [-0.05, 0) is 77.0 Å². The Kier molecular flexibility index (Phi) is 56.2. The van der Waals surface area contributed by atoms with E-state index in [-0.39, 0.29) is 31.1 Å². The molecule has 0 fully saturated rings. The molecule has 0 heterocycles. The third-order valence-electron chi connectivity index (χ3n) is 13.6. The normalized spacial score (nSPS) is 12.2. The van der Waals surface area contributed by atoms with Gasteiger partial charge in [-0.3, -0.25) is 14.4 Å². The maximum absolute atomic E-state index is 12.9. The van der Waals surface area contributed by atoms with Crippen LogP contribution in [-0.2, 0) is 28.6 Å². The molecule has 1 atom stereocenters. The third-order valence-corrected chi connectivity index (χ3v) is 13.6. The first-order valence-electron chi connectivity index (χ1n) is 30.5. The second-order valence-corrected chi connectivity index (χ2v) is 20.6. The molecule has 0 N–H and O–H groups in total. The van der Waals surface area contributed by atoms with Gasteiger partial charge in [0.05, 0.1) is 0 Å². The number of rotatable bonds is 56. The molecule has 0 spiro atoms. The van der Waals surface area contributed by atoms with Gasteiger partial charge in [-0.2, -0.15) is 0 Å². The van der Waals surface area contributed by atoms with Crippen molar-refractivity contribution in [2.24, 2.45) is 0 Å². The first-order valence-corrected chi connectivity index (χ1v) is 30.5. The van der Waals surface area contributed by atoms with Crippen LogP contribution in [0.25, 0.3) is 0 Å². The summed E-state index contributed by atoms with van der Waals surface area (Å²) >= 11 is 0. The number of ether oxygens (including phenoxy) is 3. The standard InChI is InChI=1S/C63H116O6/c1-4-7-10-13-16-19-22-25-28-30-32-34-35-38-41-44-47-50-53-56-62(65)68-59-60(58-67-61(64)55-52-49-46-43-40-37-27-24-21-18-15-12-9-6-3)69-63(66)57-54-51-48-45-42-39-36-33-31-29-26-23-20-17-14-11-8-5-2/h16,19,24-25,27-28,60H,4-15,17-18,20-23,26,29-59H2,1-3H3/b19-16+,27-24+,28-25+/t60-/m1/s1. The Morgan fingerprint density at radius 1 is 0.290 bits per heavy atom. The molecule has 0 rings (SSSR count). The van der Waals surface area contributed by atoms with E-state index in [1.807, 2.05) is 0 Å². The monoisotopic (exact) mass is 969 g/mol. The molecule has 0 radical (unpaired) electrons. The average Bonchev–Trinajstić information content (AvgIpc) is 3.35. The van der Waals surface area contributed by atoms with Crippen molar-refractivity contribution in [2.45, 2.75) is 335 Å². The van der Waals surface area contributed by atoms with E-state index in [1.165, 1.54) is 218 Å². The molecule has 0 unspecified atom stereocenters. The molecule has 69 heavy (non-hydrogen) atoms. The van der Waals surface area contributed by atoms with Crippen molar-refractivity contribution in [2.75, 3.05) is 13.2 Å². The third kappa shape index (κ3) is 56.4. The molecule has 0 aliphatic rings. The van der Waals surface area contributed by atoms with E-state index in [4.69, 9.17) is 14.2 Å². The van der Waals surface area contributed by atoms with Crippen molar-refractivity contribution in [3.05, 3.63) is 36.5 Å². The smallest absolute Gasteiger partial charge is 0.306 e. The van der Waals surface area contributed by atoms with E-state index in [2.05, 4.69) is 57.2 Å². The topological polar surface area (TPSA) is 78.9 Å². The number of hydrogen-bond donors (Lipinski definition) is 0. The van der Waals surface area contributed by atoms with Gasteiger partial charge in [0, 0.05) is 19.3 Å². The Morgan fingerprint density at radius 2 is 0.522 bits per heavy atom. The van der Waals surface area contributed by atoms with Crippen LogP contribution in [0.5, 0.6) is 0 Å². The lowest BCUT2D eigenvalue weighted by Gasteiger charge is -2.18. The minimum absolute atomic E-state index is 0.0732. The van der Waals surface area contributed by atoms with E-state index in [0.717, 1.165) is 70.6 Å². The highest BCUT2D eigenvalue weighted by atomic mass is 16.6. The fourth-order valence-electron chi connectivity index (χ4n) is 9.00. The van der Waals surface area contributed by atoms with Gasteiger partial charge < -0.3 is 14.2 Å². The van der Waals surface area contributed by atoms with Crippen molar-refractivity contribution in [3.63, 3.8) is 0 Å². The van der Waals surface area contributed by atoms with Gasteiger partial charge in [0.1, 0.15) is 13.2 Å². The van der Waals surface area contributed by atoms with Crippen LogP contribution in [0.15, 0.2) is 36.5 Å². The summed E-state index contributed by atoms with van der Waals surface area (Å²) in [7, 11) is 0. The number of carbonyl (C=O) groups excluding carboxylic acids is 3. The summed E-state index contributed by atoms with van der Waals surface area (Å²) in [6, 6.07) is 0. The van der Waals surface area contributed by atoms with Gasteiger partial charge in [-0.1, -0.05) is 269 Å². The fraction of sp³-hybridized carbons (Fsp3) is 0.857. The predicted molar refractivity (Wildman–Crippen MR) is 298 cm³/mol. The Labute approximate surface area is 429 Å². The molecule has 0 aromatic heterocycles. The molecule has 0 aromatic rings. The highest BCUT2D eigenvalue weighted by molar-refractivity contribution is 5.71.